The molecule has 3 aromatic carbocycles. The molecule has 0 fully saturated rings. The molecule has 3 aromatic rings. The summed E-state index contributed by atoms with van der Waals surface area (Å²) >= 11 is 0. The van der Waals surface area contributed by atoms with Crippen molar-refractivity contribution in [3.8, 4) is 11.5 Å². The van der Waals surface area contributed by atoms with Crippen LogP contribution < -0.4 is 19.5 Å². The second kappa shape index (κ2) is 8.31. The second-order valence-electron chi connectivity index (χ2n) is 7.27. The molecule has 160 valence electrons. The third-order valence-electron chi connectivity index (χ3n) is 4.81. The van der Waals surface area contributed by atoms with E-state index in [0.29, 0.717) is 41.7 Å². The Bertz CT molecular complexity index is 1250. The van der Waals surface area contributed by atoms with Gasteiger partial charge in [0.1, 0.15) is 13.2 Å². The van der Waals surface area contributed by atoms with Gasteiger partial charge in [-0.25, -0.2) is 8.42 Å². The van der Waals surface area contributed by atoms with Crippen LogP contribution in [0.3, 0.4) is 0 Å². The lowest BCUT2D eigenvalue weighted by Gasteiger charge is -2.19. The van der Waals surface area contributed by atoms with Crippen molar-refractivity contribution in [3.63, 3.8) is 0 Å². The first kappa shape index (κ1) is 20.7. The molecule has 0 bridgehead atoms. The van der Waals surface area contributed by atoms with Crippen molar-refractivity contribution in [1.82, 2.24) is 0 Å². The molecule has 1 heterocycles. The fraction of sp³-hybridized carbons (Fsp3) is 0.174. The zero-order valence-electron chi connectivity index (χ0n) is 17.1. The molecule has 31 heavy (non-hydrogen) atoms. The molecule has 0 saturated carbocycles. The summed E-state index contributed by atoms with van der Waals surface area (Å²) in [7, 11) is -3.87. The van der Waals surface area contributed by atoms with E-state index in [9.17, 15) is 13.2 Å². The van der Waals surface area contributed by atoms with Crippen LogP contribution in [0.4, 0.5) is 11.4 Å². The number of carbonyl (C=O) groups is 1. The number of fused-ring (bicyclic) bond motifs is 1. The van der Waals surface area contributed by atoms with E-state index < -0.39 is 15.9 Å². The monoisotopic (exact) mass is 438 g/mol. The van der Waals surface area contributed by atoms with E-state index in [0.717, 1.165) is 5.56 Å². The van der Waals surface area contributed by atoms with Crippen LogP contribution in [-0.4, -0.2) is 27.5 Å². The van der Waals surface area contributed by atoms with Crippen LogP contribution in [0.1, 0.15) is 21.5 Å². The number of benzene rings is 3. The van der Waals surface area contributed by atoms with Gasteiger partial charge in [0.05, 0.1) is 4.90 Å². The summed E-state index contributed by atoms with van der Waals surface area (Å²) in [5.41, 5.74) is 2.69. The number of nitrogens with one attached hydrogen (secondary N) is 2. The number of ether oxygens (including phenoxy) is 2. The highest BCUT2D eigenvalue weighted by Gasteiger charge is 2.20. The van der Waals surface area contributed by atoms with Crippen molar-refractivity contribution >= 4 is 27.3 Å². The molecule has 1 amide bonds. The standard InChI is InChI=1S/C23H22N2O5S/c1-15-4-3-5-19(12-15)25-31(27,28)22-13-17(7-6-16(22)2)23(26)24-18-8-9-20-21(14-18)30-11-10-29-20/h3-9,12-14,25H,10-11H2,1-2H3,(H,24,26). The van der Waals surface area contributed by atoms with Crippen LogP contribution in [-0.2, 0) is 10.0 Å². The van der Waals surface area contributed by atoms with Crippen LogP contribution in [0, 0.1) is 13.8 Å². The molecule has 0 spiro atoms. The van der Waals surface area contributed by atoms with Crippen LogP contribution in [0.2, 0.25) is 0 Å². The number of carbonyl (C=O) groups excluding carboxylic acids is 1. The number of sulfonamides is 1. The van der Waals surface area contributed by atoms with Gasteiger partial charge in [0, 0.05) is 23.0 Å². The smallest absolute Gasteiger partial charge is 0.262 e. The first-order valence-corrected chi connectivity index (χ1v) is 11.2. The maximum Gasteiger partial charge on any atom is 0.262 e. The van der Waals surface area contributed by atoms with Gasteiger partial charge in [-0.3, -0.25) is 9.52 Å². The largest absolute Gasteiger partial charge is 0.486 e. The molecule has 4 rings (SSSR count). The molecular formula is C23H22N2O5S. The van der Waals surface area contributed by atoms with Crippen molar-refractivity contribution in [2.75, 3.05) is 23.3 Å². The molecular weight excluding hydrogens is 416 g/mol. The molecule has 0 aromatic heterocycles. The molecule has 0 unspecified atom stereocenters. The van der Waals surface area contributed by atoms with Gasteiger partial charge in [0.15, 0.2) is 11.5 Å². The molecule has 1 aliphatic rings. The lowest BCUT2D eigenvalue weighted by Crippen LogP contribution is -2.18. The average Bonchev–Trinajstić information content (AvgIpc) is 2.73. The maximum atomic E-state index is 13.0. The average molecular weight is 439 g/mol. The number of hydrogen-bond donors (Lipinski definition) is 2. The van der Waals surface area contributed by atoms with Crippen molar-refractivity contribution < 1.29 is 22.7 Å². The third kappa shape index (κ3) is 4.64. The van der Waals surface area contributed by atoms with Gasteiger partial charge in [-0.05, 0) is 61.4 Å². The first-order chi connectivity index (χ1) is 14.8. The first-order valence-electron chi connectivity index (χ1n) is 9.73. The minimum atomic E-state index is -3.87. The van der Waals surface area contributed by atoms with Gasteiger partial charge >= 0.3 is 0 Å². The summed E-state index contributed by atoms with van der Waals surface area (Å²) in [6.07, 6.45) is 0. The molecule has 0 atom stereocenters. The van der Waals surface area contributed by atoms with E-state index >= 15 is 0 Å². The van der Waals surface area contributed by atoms with E-state index in [2.05, 4.69) is 10.0 Å². The predicted molar refractivity (Wildman–Crippen MR) is 119 cm³/mol. The van der Waals surface area contributed by atoms with Gasteiger partial charge in [0.2, 0.25) is 0 Å². The lowest BCUT2D eigenvalue weighted by atomic mass is 10.1. The Hall–Kier alpha value is -3.52. The fourth-order valence-corrected chi connectivity index (χ4v) is 4.60. The Morgan fingerprint density at radius 3 is 2.42 bits per heavy atom. The topological polar surface area (TPSA) is 93.7 Å². The van der Waals surface area contributed by atoms with E-state index in [1.807, 2.05) is 13.0 Å². The summed E-state index contributed by atoms with van der Waals surface area (Å²) in [5.74, 6) is 0.748. The zero-order valence-corrected chi connectivity index (χ0v) is 18.0. The van der Waals surface area contributed by atoms with E-state index in [-0.39, 0.29) is 10.5 Å². The minimum Gasteiger partial charge on any atom is -0.486 e. The number of anilines is 2. The summed E-state index contributed by atoms with van der Waals surface area (Å²) in [5, 5.41) is 2.77. The maximum absolute atomic E-state index is 13.0. The van der Waals surface area contributed by atoms with E-state index in [1.54, 1.807) is 55.5 Å². The Morgan fingerprint density at radius 2 is 1.65 bits per heavy atom. The van der Waals surface area contributed by atoms with E-state index in [1.165, 1.54) is 6.07 Å². The van der Waals surface area contributed by atoms with Crippen LogP contribution in [0.15, 0.2) is 65.6 Å². The molecule has 7 nitrogen and oxygen atoms in total. The van der Waals surface area contributed by atoms with Crippen LogP contribution in [0.25, 0.3) is 0 Å². The van der Waals surface area contributed by atoms with Gasteiger partial charge < -0.3 is 14.8 Å². The van der Waals surface area contributed by atoms with Crippen molar-refractivity contribution in [3.05, 3.63) is 77.4 Å². The molecule has 0 aliphatic carbocycles. The highest BCUT2D eigenvalue weighted by molar-refractivity contribution is 7.92. The summed E-state index contributed by atoms with van der Waals surface area (Å²) in [4.78, 5) is 12.8. The van der Waals surface area contributed by atoms with Crippen molar-refractivity contribution in [2.45, 2.75) is 18.7 Å². The van der Waals surface area contributed by atoms with Gasteiger partial charge in [-0.2, -0.15) is 0 Å². The highest BCUT2D eigenvalue weighted by atomic mass is 32.2. The molecule has 0 radical (unpaired) electrons. The molecule has 2 N–H and O–H groups in total. The summed E-state index contributed by atoms with van der Waals surface area (Å²) < 4.78 is 39.5. The molecule has 8 heteroatoms. The second-order valence-corrected chi connectivity index (χ2v) is 8.92. The summed E-state index contributed by atoms with van der Waals surface area (Å²) in [6.45, 7) is 4.49. The SMILES string of the molecule is Cc1cccc(NS(=O)(=O)c2cc(C(=O)Nc3ccc4c(c3)OCCO4)ccc2C)c1. The van der Waals surface area contributed by atoms with Crippen molar-refractivity contribution in [2.24, 2.45) is 0 Å². The molecule has 0 saturated heterocycles. The zero-order chi connectivity index (χ0) is 22.0. The number of rotatable bonds is 5. The minimum absolute atomic E-state index is 0.0452. The number of aryl methyl sites for hydroxylation is 2. The van der Waals surface area contributed by atoms with Crippen molar-refractivity contribution in [1.29, 1.82) is 0 Å². The Kier molecular flexibility index (Phi) is 5.56. The quantitative estimate of drug-likeness (QED) is 0.625. The van der Waals surface area contributed by atoms with E-state index in [4.69, 9.17) is 9.47 Å². The normalized spacial score (nSPS) is 12.8. The van der Waals surface area contributed by atoms with Crippen LogP contribution >= 0.6 is 0 Å². The third-order valence-corrected chi connectivity index (χ3v) is 6.33. The Morgan fingerprint density at radius 1 is 0.871 bits per heavy atom. The van der Waals surface area contributed by atoms with Gasteiger partial charge in [0.25, 0.3) is 15.9 Å². The fourth-order valence-electron chi connectivity index (χ4n) is 3.27. The van der Waals surface area contributed by atoms with Crippen LogP contribution in [0.5, 0.6) is 11.5 Å². The van der Waals surface area contributed by atoms with Gasteiger partial charge in [-0.1, -0.05) is 18.2 Å². The Balaban J connectivity index is 1.57. The number of amides is 1. The summed E-state index contributed by atoms with van der Waals surface area (Å²) in [6, 6.07) is 16.8. The lowest BCUT2D eigenvalue weighted by molar-refractivity contribution is 0.102. The van der Waals surface area contributed by atoms with Gasteiger partial charge in [-0.15, -0.1) is 0 Å². The molecule has 1 aliphatic heterocycles. The highest BCUT2D eigenvalue weighted by Crippen LogP contribution is 2.32. The number of hydrogen-bond acceptors (Lipinski definition) is 5. The Labute approximate surface area is 181 Å². The predicted octanol–water partition coefficient (Wildman–Crippen LogP) is 4.13.